The standard InChI is InChI=1S/C25H22O3/c1-15-10-11-17-6-3-4-7-18(17)22(15)14-27-23-13-12-20-19-8-5-9-21(19)25(26)28-24(20)16(23)2/h3-4,6-7,10-13H,5,8-9,14H2,1-2H3. The first-order chi connectivity index (χ1) is 13.6. The van der Waals surface area contributed by atoms with Crippen LogP contribution < -0.4 is 10.4 Å². The molecular formula is C25H22O3. The summed E-state index contributed by atoms with van der Waals surface area (Å²) in [7, 11) is 0. The van der Waals surface area contributed by atoms with E-state index in [1.54, 1.807) is 0 Å². The maximum absolute atomic E-state index is 12.4. The van der Waals surface area contributed by atoms with Crippen LogP contribution in [-0.4, -0.2) is 0 Å². The van der Waals surface area contributed by atoms with E-state index in [9.17, 15) is 4.79 Å². The molecule has 0 saturated heterocycles. The monoisotopic (exact) mass is 370 g/mol. The zero-order valence-electron chi connectivity index (χ0n) is 16.2. The number of hydrogen-bond acceptors (Lipinski definition) is 3. The van der Waals surface area contributed by atoms with Gasteiger partial charge in [0.15, 0.2) is 0 Å². The Bertz CT molecular complexity index is 1280. The predicted molar refractivity (Wildman–Crippen MR) is 112 cm³/mol. The first kappa shape index (κ1) is 17.1. The lowest BCUT2D eigenvalue weighted by Crippen LogP contribution is -2.08. The normalized spacial score (nSPS) is 13.2. The van der Waals surface area contributed by atoms with Gasteiger partial charge < -0.3 is 9.15 Å². The van der Waals surface area contributed by atoms with Crippen molar-refractivity contribution >= 4 is 21.7 Å². The van der Waals surface area contributed by atoms with Gasteiger partial charge in [0.25, 0.3) is 0 Å². The van der Waals surface area contributed by atoms with E-state index in [0.29, 0.717) is 12.2 Å². The molecule has 0 aliphatic heterocycles. The average molecular weight is 370 g/mol. The minimum absolute atomic E-state index is 0.190. The van der Waals surface area contributed by atoms with Crippen molar-refractivity contribution in [3.63, 3.8) is 0 Å². The fraction of sp³-hybridized carbons (Fsp3) is 0.240. The van der Waals surface area contributed by atoms with E-state index >= 15 is 0 Å². The Labute approximate surface area is 163 Å². The quantitative estimate of drug-likeness (QED) is 0.439. The molecule has 1 aromatic heterocycles. The van der Waals surface area contributed by atoms with Gasteiger partial charge in [0, 0.05) is 22.1 Å². The van der Waals surface area contributed by atoms with Crippen molar-refractivity contribution in [2.45, 2.75) is 39.7 Å². The molecule has 1 heterocycles. The molecule has 3 nitrogen and oxygen atoms in total. The number of rotatable bonds is 3. The summed E-state index contributed by atoms with van der Waals surface area (Å²) in [6.45, 7) is 4.56. The third-order valence-electron chi connectivity index (χ3n) is 5.99. The third kappa shape index (κ3) is 2.62. The second-order valence-corrected chi connectivity index (χ2v) is 7.64. The van der Waals surface area contributed by atoms with Gasteiger partial charge in [-0.2, -0.15) is 0 Å². The van der Waals surface area contributed by atoms with Crippen LogP contribution in [0, 0.1) is 13.8 Å². The Kier molecular flexibility index (Phi) is 3.97. The van der Waals surface area contributed by atoms with Crippen LogP contribution in [-0.2, 0) is 19.4 Å². The molecule has 3 aromatic carbocycles. The van der Waals surface area contributed by atoms with Gasteiger partial charge >= 0.3 is 5.63 Å². The van der Waals surface area contributed by atoms with E-state index in [-0.39, 0.29) is 5.63 Å². The molecule has 0 fully saturated rings. The zero-order chi connectivity index (χ0) is 19.3. The fourth-order valence-corrected chi connectivity index (χ4v) is 4.41. The van der Waals surface area contributed by atoms with Gasteiger partial charge in [-0.05, 0) is 67.1 Å². The molecule has 4 aromatic rings. The minimum Gasteiger partial charge on any atom is -0.488 e. The van der Waals surface area contributed by atoms with Crippen LogP contribution in [0.25, 0.3) is 21.7 Å². The zero-order valence-corrected chi connectivity index (χ0v) is 16.2. The maximum atomic E-state index is 12.4. The van der Waals surface area contributed by atoms with Crippen LogP contribution in [0.2, 0.25) is 0 Å². The SMILES string of the molecule is Cc1ccc2ccccc2c1COc1ccc2c3c(c(=O)oc2c1C)CCC3. The minimum atomic E-state index is -0.190. The molecule has 0 saturated carbocycles. The van der Waals surface area contributed by atoms with Crippen molar-refractivity contribution < 1.29 is 9.15 Å². The molecule has 0 unspecified atom stereocenters. The van der Waals surface area contributed by atoms with E-state index in [0.717, 1.165) is 47.1 Å². The molecule has 0 amide bonds. The van der Waals surface area contributed by atoms with Crippen molar-refractivity contribution in [2.24, 2.45) is 0 Å². The number of fused-ring (bicyclic) bond motifs is 4. The summed E-state index contributed by atoms with van der Waals surface area (Å²) in [5.74, 6) is 0.765. The Hall–Kier alpha value is -3.07. The van der Waals surface area contributed by atoms with Gasteiger partial charge in [-0.3, -0.25) is 0 Å². The van der Waals surface area contributed by atoms with E-state index in [1.807, 2.05) is 19.1 Å². The molecule has 28 heavy (non-hydrogen) atoms. The van der Waals surface area contributed by atoms with E-state index in [1.165, 1.54) is 21.9 Å². The number of hydrogen-bond donors (Lipinski definition) is 0. The lowest BCUT2D eigenvalue weighted by Gasteiger charge is -2.15. The highest BCUT2D eigenvalue weighted by Gasteiger charge is 2.21. The molecule has 5 rings (SSSR count). The molecule has 1 aliphatic carbocycles. The van der Waals surface area contributed by atoms with Gasteiger partial charge in [0.1, 0.15) is 17.9 Å². The Morgan fingerprint density at radius 3 is 2.64 bits per heavy atom. The lowest BCUT2D eigenvalue weighted by molar-refractivity contribution is 0.304. The Morgan fingerprint density at radius 1 is 0.929 bits per heavy atom. The molecule has 140 valence electrons. The maximum Gasteiger partial charge on any atom is 0.339 e. The second kappa shape index (κ2) is 6.52. The topological polar surface area (TPSA) is 39.4 Å². The first-order valence-corrected chi connectivity index (χ1v) is 9.81. The van der Waals surface area contributed by atoms with Crippen molar-refractivity contribution in [2.75, 3.05) is 0 Å². The van der Waals surface area contributed by atoms with E-state index in [4.69, 9.17) is 9.15 Å². The summed E-state index contributed by atoms with van der Waals surface area (Å²) >= 11 is 0. The molecule has 0 radical (unpaired) electrons. The summed E-state index contributed by atoms with van der Waals surface area (Å²) in [5, 5.41) is 3.48. The number of aryl methyl sites for hydroxylation is 3. The van der Waals surface area contributed by atoms with Crippen LogP contribution >= 0.6 is 0 Å². The molecule has 1 aliphatic rings. The highest BCUT2D eigenvalue weighted by Crippen LogP contribution is 2.33. The summed E-state index contributed by atoms with van der Waals surface area (Å²) in [4.78, 5) is 12.4. The van der Waals surface area contributed by atoms with E-state index in [2.05, 4.69) is 43.3 Å². The van der Waals surface area contributed by atoms with Crippen molar-refractivity contribution in [3.05, 3.63) is 86.8 Å². The molecule has 0 N–H and O–H groups in total. The van der Waals surface area contributed by atoms with Crippen LogP contribution in [0.15, 0.2) is 57.7 Å². The summed E-state index contributed by atoms with van der Waals surface area (Å²) < 4.78 is 11.9. The van der Waals surface area contributed by atoms with Crippen LogP contribution in [0.4, 0.5) is 0 Å². The van der Waals surface area contributed by atoms with Crippen molar-refractivity contribution in [1.29, 1.82) is 0 Å². The predicted octanol–water partition coefficient (Wildman–Crippen LogP) is 5.63. The second-order valence-electron chi connectivity index (χ2n) is 7.64. The van der Waals surface area contributed by atoms with Gasteiger partial charge in [0.2, 0.25) is 0 Å². The van der Waals surface area contributed by atoms with Gasteiger partial charge in [0.05, 0.1) is 0 Å². The van der Waals surface area contributed by atoms with Crippen LogP contribution in [0.1, 0.15) is 34.2 Å². The number of benzene rings is 3. The average Bonchev–Trinajstić information content (AvgIpc) is 3.20. The fourth-order valence-electron chi connectivity index (χ4n) is 4.41. The Balaban J connectivity index is 1.55. The molecule has 3 heteroatoms. The van der Waals surface area contributed by atoms with Gasteiger partial charge in [-0.1, -0.05) is 36.4 Å². The van der Waals surface area contributed by atoms with Gasteiger partial charge in [-0.25, -0.2) is 4.79 Å². The number of ether oxygens (including phenoxy) is 1. The largest absolute Gasteiger partial charge is 0.488 e. The van der Waals surface area contributed by atoms with E-state index < -0.39 is 0 Å². The van der Waals surface area contributed by atoms with Crippen LogP contribution in [0.5, 0.6) is 5.75 Å². The highest BCUT2D eigenvalue weighted by molar-refractivity contribution is 5.87. The third-order valence-corrected chi connectivity index (χ3v) is 5.99. The summed E-state index contributed by atoms with van der Waals surface area (Å²) in [6, 6.07) is 16.7. The Morgan fingerprint density at radius 2 is 1.75 bits per heavy atom. The molecule has 0 atom stereocenters. The molecule has 0 bridgehead atoms. The summed E-state index contributed by atoms with van der Waals surface area (Å²) in [6.07, 6.45) is 2.80. The van der Waals surface area contributed by atoms with Crippen LogP contribution in [0.3, 0.4) is 0 Å². The smallest absolute Gasteiger partial charge is 0.339 e. The first-order valence-electron chi connectivity index (χ1n) is 9.81. The summed E-state index contributed by atoms with van der Waals surface area (Å²) in [5.41, 5.74) is 5.78. The molecule has 0 spiro atoms. The highest BCUT2D eigenvalue weighted by atomic mass is 16.5. The van der Waals surface area contributed by atoms with Crippen molar-refractivity contribution in [1.82, 2.24) is 0 Å². The lowest BCUT2D eigenvalue weighted by atomic mass is 10.0. The van der Waals surface area contributed by atoms with Gasteiger partial charge in [-0.15, -0.1) is 0 Å². The molecular weight excluding hydrogens is 348 g/mol. The van der Waals surface area contributed by atoms with Crippen molar-refractivity contribution in [3.8, 4) is 5.75 Å².